The molecule has 4 rings (SSSR count). The third-order valence-corrected chi connectivity index (χ3v) is 7.12. The number of likely N-dealkylation sites (tertiary alicyclic amines) is 1. The Labute approximate surface area is 198 Å². The molecule has 0 aromatic heterocycles. The molecule has 0 saturated carbocycles. The average molecular weight is 451 g/mol. The van der Waals surface area contributed by atoms with Crippen molar-refractivity contribution >= 4 is 11.6 Å². The van der Waals surface area contributed by atoms with Gasteiger partial charge in [0.2, 0.25) is 5.91 Å². The maximum atomic E-state index is 13.5. The van der Waals surface area contributed by atoms with Crippen molar-refractivity contribution in [2.45, 2.75) is 45.4 Å². The number of carbonyl (C=O) groups excluding carboxylic acids is 1. The van der Waals surface area contributed by atoms with Crippen LogP contribution in [-0.2, 0) is 14.9 Å². The molecule has 0 bridgehead atoms. The van der Waals surface area contributed by atoms with Gasteiger partial charge in [-0.1, -0.05) is 43.7 Å². The first-order valence-electron chi connectivity index (χ1n) is 12.4. The first-order chi connectivity index (χ1) is 15.9. The summed E-state index contributed by atoms with van der Waals surface area (Å²) in [6, 6.07) is 16.1. The Bertz CT molecular complexity index is 894. The summed E-state index contributed by atoms with van der Waals surface area (Å²) < 4.78 is 11.6. The zero-order valence-corrected chi connectivity index (χ0v) is 20.3. The molecule has 178 valence electrons. The number of aryl methyl sites for hydroxylation is 1. The van der Waals surface area contributed by atoms with Crippen molar-refractivity contribution in [3.8, 4) is 5.75 Å². The average Bonchev–Trinajstić information content (AvgIpc) is 2.80. The van der Waals surface area contributed by atoms with E-state index < -0.39 is 5.41 Å². The fourth-order valence-electron chi connectivity index (χ4n) is 5.39. The SMILES string of the molecule is Cc1ccc(C2(C(=O)Nc3ccc(OCCN4C[C@@H](C)C[C@H](C)C4)cc3)CCOCC2)cc1. The highest BCUT2D eigenvalue weighted by Crippen LogP contribution is 2.36. The topological polar surface area (TPSA) is 50.8 Å². The molecular weight excluding hydrogens is 412 g/mol. The maximum absolute atomic E-state index is 13.5. The summed E-state index contributed by atoms with van der Waals surface area (Å²) in [5, 5.41) is 3.15. The van der Waals surface area contributed by atoms with Gasteiger partial charge >= 0.3 is 0 Å². The Morgan fingerprint density at radius 1 is 1.03 bits per heavy atom. The minimum absolute atomic E-state index is 0.0386. The number of rotatable bonds is 7. The monoisotopic (exact) mass is 450 g/mol. The Balaban J connectivity index is 1.34. The van der Waals surface area contributed by atoms with Crippen molar-refractivity contribution < 1.29 is 14.3 Å². The maximum Gasteiger partial charge on any atom is 0.235 e. The number of hydrogen-bond donors (Lipinski definition) is 1. The summed E-state index contributed by atoms with van der Waals surface area (Å²) in [6.07, 6.45) is 2.70. The van der Waals surface area contributed by atoms with E-state index in [1.54, 1.807) is 0 Å². The standard InChI is InChI=1S/C28H38N2O3/c1-21-4-6-24(7-5-21)28(12-15-32-16-13-28)27(31)29-25-8-10-26(11-9-25)33-17-14-30-19-22(2)18-23(3)20-30/h4-11,22-23H,12-20H2,1-3H3,(H,29,31)/t22-,23-/m0/s1. The lowest BCUT2D eigenvalue weighted by atomic mass is 9.73. The number of hydrogen-bond acceptors (Lipinski definition) is 4. The van der Waals surface area contributed by atoms with Crippen LogP contribution in [0.2, 0.25) is 0 Å². The minimum Gasteiger partial charge on any atom is -0.492 e. The molecule has 2 aliphatic rings. The molecule has 2 aromatic rings. The fourth-order valence-corrected chi connectivity index (χ4v) is 5.39. The molecule has 2 aliphatic heterocycles. The zero-order valence-electron chi connectivity index (χ0n) is 20.3. The van der Waals surface area contributed by atoms with Crippen LogP contribution in [0.3, 0.4) is 0 Å². The Kier molecular flexibility index (Phi) is 7.71. The summed E-state index contributed by atoms with van der Waals surface area (Å²) in [7, 11) is 0. The van der Waals surface area contributed by atoms with Gasteiger partial charge in [0.1, 0.15) is 12.4 Å². The molecule has 0 radical (unpaired) electrons. The van der Waals surface area contributed by atoms with Crippen LogP contribution in [0.1, 0.15) is 44.2 Å². The van der Waals surface area contributed by atoms with Crippen molar-refractivity contribution in [2.75, 3.05) is 44.8 Å². The van der Waals surface area contributed by atoms with Gasteiger partial charge < -0.3 is 14.8 Å². The second kappa shape index (κ2) is 10.7. The van der Waals surface area contributed by atoms with Crippen molar-refractivity contribution in [2.24, 2.45) is 11.8 Å². The molecule has 2 fully saturated rings. The van der Waals surface area contributed by atoms with Crippen LogP contribution in [0.25, 0.3) is 0 Å². The zero-order chi connectivity index (χ0) is 23.3. The summed E-state index contributed by atoms with van der Waals surface area (Å²) in [5.74, 6) is 2.40. The summed E-state index contributed by atoms with van der Waals surface area (Å²) >= 11 is 0. The molecule has 2 saturated heterocycles. The quantitative estimate of drug-likeness (QED) is 0.642. The van der Waals surface area contributed by atoms with Gasteiger partial charge in [0.25, 0.3) is 0 Å². The Morgan fingerprint density at radius 3 is 2.30 bits per heavy atom. The van der Waals surface area contributed by atoms with E-state index in [2.05, 4.69) is 55.3 Å². The van der Waals surface area contributed by atoms with Crippen LogP contribution in [0.15, 0.2) is 48.5 Å². The summed E-state index contributed by atoms with van der Waals surface area (Å²) in [6.45, 7) is 11.9. The lowest BCUT2D eigenvalue weighted by molar-refractivity contribution is -0.125. The van der Waals surface area contributed by atoms with E-state index >= 15 is 0 Å². The minimum atomic E-state index is -0.552. The highest BCUT2D eigenvalue weighted by atomic mass is 16.5. The highest BCUT2D eigenvalue weighted by Gasteiger charge is 2.41. The largest absolute Gasteiger partial charge is 0.492 e. The van der Waals surface area contributed by atoms with Crippen LogP contribution < -0.4 is 10.1 Å². The van der Waals surface area contributed by atoms with E-state index in [0.29, 0.717) is 32.7 Å². The van der Waals surface area contributed by atoms with E-state index in [0.717, 1.165) is 48.5 Å². The lowest BCUT2D eigenvalue weighted by Gasteiger charge is -2.36. The molecule has 5 heteroatoms. The van der Waals surface area contributed by atoms with Gasteiger partial charge in [0.15, 0.2) is 0 Å². The van der Waals surface area contributed by atoms with Crippen molar-refractivity contribution in [3.05, 3.63) is 59.7 Å². The van der Waals surface area contributed by atoms with Crippen LogP contribution in [0, 0.1) is 18.8 Å². The Morgan fingerprint density at radius 2 is 1.67 bits per heavy atom. The van der Waals surface area contributed by atoms with Crippen LogP contribution in [0.5, 0.6) is 5.75 Å². The normalized spacial score (nSPS) is 23.1. The van der Waals surface area contributed by atoms with Crippen molar-refractivity contribution in [1.82, 2.24) is 4.90 Å². The molecule has 5 nitrogen and oxygen atoms in total. The molecule has 1 N–H and O–H groups in total. The van der Waals surface area contributed by atoms with Crippen molar-refractivity contribution in [1.29, 1.82) is 0 Å². The third-order valence-electron chi connectivity index (χ3n) is 7.12. The molecule has 33 heavy (non-hydrogen) atoms. The second-order valence-corrected chi connectivity index (χ2v) is 10.1. The van der Waals surface area contributed by atoms with Crippen LogP contribution in [0.4, 0.5) is 5.69 Å². The first kappa shape index (κ1) is 23.8. The number of piperidine rings is 1. The summed E-state index contributed by atoms with van der Waals surface area (Å²) in [4.78, 5) is 16.0. The smallest absolute Gasteiger partial charge is 0.235 e. The van der Waals surface area contributed by atoms with E-state index in [1.165, 1.54) is 12.0 Å². The van der Waals surface area contributed by atoms with Gasteiger partial charge in [-0.25, -0.2) is 0 Å². The highest BCUT2D eigenvalue weighted by molar-refractivity contribution is 5.99. The first-order valence-corrected chi connectivity index (χ1v) is 12.4. The van der Waals surface area contributed by atoms with Gasteiger partial charge in [0.05, 0.1) is 5.41 Å². The molecule has 1 amide bonds. The molecular formula is C28H38N2O3. The number of nitrogens with one attached hydrogen (secondary N) is 1. The number of carbonyl (C=O) groups is 1. The summed E-state index contributed by atoms with van der Waals surface area (Å²) in [5.41, 5.74) is 2.50. The fraction of sp³-hybridized carbons (Fsp3) is 0.536. The van der Waals surface area contributed by atoms with E-state index in [-0.39, 0.29) is 5.91 Å². The molecule has 0 unspecified atom stereocenters. The van der Waals surface area contributed by atoms with Crippen LogP contribution >= 0.6 is 0 Å². The van der Waals surface area contributed by atoms with Gasteiger partial charge in [-0.05, 0) is 67.9 Å². The molecule has 2 atom stereocenters. The van der Waals surface area contributed by atoms with Gasteiger partial charge in [-0.15, -0.1) is 0 Å². The van der Waals surface area contributed by atoms with E-state index in [9.17, 15) is 4.79 Å². The van der Waals surface area contributed by atoms with Gasteiger partial charge in [0, 0.05) is 38.5 Å². The van der Waals surface area contributed by atoms with E-state index in [4.69, 9.17) is 9.47 Å². The predicted octanol–water partition coefficient (Wildman–Crippen LogP) is 5.04. The number of anilines is 1. The van der Waals surface area contributed by atoms with Crippen molar-refractivity contribution in [3.63, 3.8) is 0 Å². The van der Waals surface area contributed by atoms with Gasteiger partial charge in [-0.3, -0.25) is 9.69 Å². The number of amides is 1. The second-order valence-electron chi connectivity index (χ2n) is 10.1. The van der Waals surface area contributed by atoms with Crippen LogP contribution in [-0.4, -0.2) is 50.3 Å². The van der Waals surface area contributed by atoms with E-state index in [1.807, 2.05) is 24.3 Å². The predicted molar refractivity (Wildman–Crippen MR) is 133 cm³/mol. The molecule has 2 heterocycles. The Hall–Kier alpha value is -2.37. The number of nitrogens with zero attached hydrogens (tertiary/aromatic N) is 1. The number of benzene rings is 2. The molecule has 0 aliphatic carbocycles. The number of ether oxygens (including phenoxy) is 2. The molecule has 2 aromatic carbocycles. The third kappa shape index (κ3) is 5.96. The molecule has 0 spiro atoms. The lowest BCUT2D eigenvalue weighted by Crippen LogP contribution is -2.44. The van der Waals surface area contributed by atoms with Gasteiger partial charge in [-0.2, -0.15) is 0 Å².